The molecule has 1 heterocycles. The number of aromatic nitrogens is 2. The summed E-state index contributed by atoms with van der Waals surface area (Å²) in [6, 6.07) is 16.7. The predicted molar refractivity (Wildman–Crippen MR) is 129 cm³/mol. The number of aryl methyl sites for hydroxylation is 2. The normalized spacial score (nSPS) is 11.2. The third kappa shape index (κ3) is 6.65. The molecule has 0 atom stereocenters. The number of halogens is 3. The second kappa shape index (κ2) is 11.6. The maximum absolute atomic E-state index is 12.6. The van der Waals surface area contributed by atoms with Crippen LogP contribution in [0.4, 0.5) is 8.78 Å². The first-order valence-corrected chi connectivity index (χ1v) is 9.56. The molecule has 0 amide bonds. The van der Waals surface area contributed by atoms with Crippen molar-refractivity contribution in [3.8, 4) is 11.4 Å². The molecule has 1 aromatic heterocycles. The number of benzene rings is 2. The minimum Gasteiger partial charge on any atom is -0.434 e. The highest BCUT2D eigenvalue weighted by Gasteiger charge is 2.11. The molecule has 2 N–H and O–H groups in total. The number of guanidine groups is 1. The second-order valence-electron chi connectivity index (χ2n) is 6.73. The Morgan fingerprint density at radius 1 is 1.03 bits per heavy atom. The van der Waals surface area contributed by atoms with Gasteiger partial charge in [0.25, 0.3) is 0 Å². The number of rotatable bonds is 7. The Balaban J connectivity index is 0.00000341. The summed E-state index contributed by atoms with van der Waals surface area (Å²) in [5, 5.41) is 11.0. The van der Waals surface area contributed by atoms with Gasteiger partial charge in [0.2, 0.25) is 0 Å². The average molecular weight is 541 g/mol. The zero-order valence-electron chi connectivity index (χ0n) is 17.6. The lowest BCUT2D eigenvalue weighted by atomic mass is 10.1. The predicted octanol–water partition coefficient (Wildman–Crippen LogP) is 4.57. The summed E-state index contributed by atoms with van der Waals surface area (Å²) >= 11 is 0. The van der Waals surface area contributed by atoms with E-state index in [0.717, 1.165) is 22.6 Å². The van der Waals surface area contributed by atoms with Crippen LogP contribution in [0, 0.1) is 13.8 Å². The molecule has 0 radical (unpaired) electrons. The van der Waals surface area contributed by atoms with E-state index >= 15 is 0 Å². The zero-order valence-corrected chi connectivity index (χ0v) is 19.9. The van der Waals surface area contributed by atoms with Crippen LogP contribution in [0.2, 0.25) is 0 Å². The van der Waals surface area contributed by atoms with Gasteiger partial charge in [-0.15, -0.1) is 24.0 Å². The molecule has 0 aliphatic rings. The van der Waals surface area contributed by atoms with E-state index in [-0.39, 0.29) is 29.7 Å². The van der Waals surface area contributed by atoms with Gasteiger partial charge in [-0.3, -0.25) is 4.99 Å². The summed E-state index contributed by atoms with van der Waals surface area (Å²) in [7, 11) is 1.66. The van der Waals surface area contributed by atoms with Gasteiger partial charge in [0.15, 0.2) is 5.96 Å². The molecule has 0 spiro atoms. The summed E-state index contributed by atoms with van der Waals surface area (Å²) in [4.78, 5) is 4.22. The van der Waals surface area contributed by atoms with Crippen LogP contribution in [0.1, 0.15) is 22.5 Å². The van der Waals surface area contributed by atoms with Crippen LogP contribution in [0.3, 0.4) is 0 Å². The van der Waals surface area contributed by atoms with E-state index in [4.69, 9.17) is 0 Å². The molecule has 0 saturated heterocycles. The Kier molecular flexibility index (Phi) is 9.22. The lowest BCUT2D eigenvalue weighted by molar-refractivity contribution is -0.0504. The fourth-order valence-electron chi connectivity index (χ4n) is 3.18. The first kappa shape index (κ1) is 24.6. The van der Waals surface area contributed by atoms with Crippen LogP contribution in [0.5, 0.6) is 5.75 Å². The monoisotopic (exact) mass is 541 g/mol. The highest BCUT2D eigenvalue weighted by atomic mass is 127. The molecule has 0 saturated carbocycles. The number of hydrogen-bond acceptors (Lipinski definition) is 3. The average Bonchev–Trinajstić information content (AvgIpc) is 3.07. The van der Waals surface area contributed by atoms with E-state index in [2.05, 4.69) is 25.5 Å². The minimum absolute atomic E-state index is 0. The van der Waals surface area contributed by atoms with E-state index in [1.54, 1.807) is 25.2 Å². The number of aliphatic imine (C=N–C) groups is 1. The van der Waals surface area contributed by atoms with E-state index in [9.17, 15) is 8.78 Å². The number of nitrogens with zero attached hydrogens (tertiary/aromatic N) is 3. The molecular weight excluding hydrogens is 515 g/mol. The van der Waals surface area contributed by atoms with Gasteiger partial charge in [-0.1, -0.05) is 36.4 Å². The standard InChI is InChI=1S/C22H25F2N5O.HI/c1-15-12-16(2)29(28-15)19-10-6-4-8-17(19)13-26-22(25-3)27-14-18-9-5-7-11-20(18)30-21(23)24;/h4-12,21H,13-14H2,1-3H3,(H2,25,26,27);1H. The van der Waals surface area contributed by atoms with Gasteiger partial charge in [-0.05, 0) is 37.6 Å². The van der Waals surface area contributed by atoms with Crippen molar-refractivity contribution < 1.29 is 13.5 Å². The molecule has 166 valence electrons. The third-order valence-electron chi connectivity index (χ3n) is 4.53. The van der Waals surface area contributed by atoms with Crippen LogP contribution < -0.4 is 15.4 Å². The molecule has 6 nitrogen and oxygen atoms in total. The molecule has 3 aromatic rings. The van der Waals surface area contributed by atoms with Gasteiger partial charge >= 0.3 is 6.61 Å². The first-order valence-electron chi connectivity index (χ1n) is 9.56. The maximum atomic E-state index is 12.6. The van der Waals surface area contributed by atoms with Gasteiger partial charge in [0, 0.05) is 31.4 Å². The van der Waals surface area contributed by atoms with Gasteiger partial charge in [0.1, 0.15) is 5.75 Å². The topological polar surface area (TPSA) is 63.5 Å². The molecule has 3 rings (SSSR count). The number of nitrogens with one attached hydrogen (secondary N) is 2. The molecule has 31 heavy (non-hydrogen) atoms. The summed E-state index contributed by atoms with van der Waals surface area (Å²) in [6.07, 6.45) is 0. The highest BCUT2D eigenvalue weighted by Crippen LogP contribution is 2.20. The molecule has 0 fully saturated rings. The number of ether oxygens (including phenoxy) is 1. The Bertz CT molecular complexity index is 1020. The van der Waals surface area contributed by atoms with Crippen molar-refractivity contribution in [3.63, 3.8) is 0 Å². The van der Waals surface area contributed by atoms with Crippen LogP contribution >= 0.6 is 24.0 Å². The Labute approximate surface area is 197 Å². The molecule has 2 aromatic carbocycles. The third-order valence-corrected chi connectivity index (χ3v) is 4.53. The lowest BCUT2D eigenvalue weighted by Gasteiger charge is -2.16. The van der Waals surface area contributed by atoms with Crippen molar-refractivity contribution in [1.82, 2.24) is 20.4 Å². The summed E-state index contributed by atoms with van der Waals surface area (Å²) in [5.74, 6) is 0.690. The highest BCUT2D eigenvalue weighted by molar-refractivity contribution is 14.0. The SMILES string of the molecule is CN=C(NCc1ccccc1OC(F)F)NCc1ccccc1-n1nc(C)cc1C.I. The van der Waals surface area contributed by atoms with E-state index in [1.807, 2.05) is 48.9 Å². The van der Waals surface area contributed by atoms with Gasteiger partial charge in [0.05, 0.1) is 11.4 Å². The molecule has 0 aliphatic carbocycles. The lowest BCUT2D eigenvalue weighted by Crippen LogP contribution is -2.36. The van der Waals surface area contributed by atoms with Crippen LogP contribution in [0.15, 0.2) is 59.6 Å². The fourth-order valence-corrected chi connectivity index (χ4v) is 3.18. The molecule has 0 aliphatic heterocycles. The van der Waals surface area contributed by atoms with Crippen LogP contribution in [-0.2, 0) is 13.1 Å². The Morgan fingerprint density at radius 2 is 1.65 bits per heavy atom. The summed E-state index contributed by atoms with van der Waals surface area (Å²) in [6.45, 7) is 1.93. The van der Waals surface area contributed by atoms with Crippen molar-refractivity contribution in [1.29, 1.82) is 0 Å². The summed E-state index contributed by atoms with van der Waals surface area (Å²) < 4.78 is 31.7. The van der Waals surface area contributed by atoms with Crippen LogP contribution in [0.25, 0.3) is 5.69 Å². The van der Waals surface area contributed by atoms with Gasteiger partial charge in [-0.2, -0.15) is 13.9 Å². The largest absolute Gasteiger partial charge is 0.434 e. The van der Waals surface area contributed by atoms with Crippen molar-refractivity contribution in [2.45, 2.75) is 33.5 Å². The Hall–Kier alpha value is -2.69. The smallest absolute Gasteiger partial charge is 0.387 e. The zero-order chi connectivity index (χ0) is 21.5. The maximum Gasteiger partial charge on any atom is 0.387 e. The first-order chi connectivity index (χ1) is 14.5. The van der Waals surface area contributed by atoms with Gasteiger partial charge in [-0.25, -0.2) is 4.68 Å². The second-order valence-corrected chi connectivity index (χ2v) is 6.73. The Morgan fingerprint density at radius 3 is 2.26 bits per heavy atom. The molecule has 0 unspecified atom stereocenters. The fraction of sp³-hybridized carbons (Fsp3) is 0.273. The van der Waals surface area contributed by atoms with Crippen molar-refractivity contribution >= 4 is 29.9 Å². The summed E-state index contributed by atoms with van der Waals surface area (Å²) in [5.41, 5.74) is 4.66. The minimum atomic E-state index is -2.87. The van der Waals surface area contributed by atoms with E-state index in [1.165, 1.54) is 6.07 Å². The molecular formula is C22H26F2IN5O. The number of alkyl halides is 2. The quantitative estimate of drug-likeness (QED) is 0.262. The van der Waals surface area contributed by atoms with E-state index < -0.39 is 6.61 Å². The number of hydrogen-bond donors (Lipinski definition) is 2. The van der Waals surface area contributed by atoms with E-state index in [0.29, 0.717) is 24.6 Å². The molecule has 0 bridgehead atoms. The number of para-hydroxylation sites is 2. The van der Waals surface area contributed by atoms with Crippen molar-refractivity contribution in [2.24, 2.45) is 4.99 Å². The van der Waals surface area contributed by atoms with Crippen molar-refractivity contribution in [3.05, 3.63) is 77.1 Å². The molecule has 9 heteroatoms. The van der Waals surface area contributed by atoms with Gasteiger partial charge < -0.3 is 15.4 Å². The van der Waals surface area contributed by atoms with Crippen LogP contribution in [-0.4, -0.2) is 29.4 Å². The van der Waals surface area contributed by atoms with Crippen molar-refractivity contribution in [2.75, 3.05) is 7.05 Å².